The highest BCUT2D eigenvalue weighted by atomic mass is 16.5. The van der Waals surface area contributed by atoms with E-state index in [0.717, 1.165) is 44.0 Å². The van der Waals surface area contributed by atoms with Crippen LogP contribution in [0.3, 0.4) is 0 Å². The standard InChI is InChI=1S/C14H22N4O2/c1-11-7-13-9-17(4-2-5-18(13)16-11)14(19)8-12-10-20-6-3-15-12/h7,12,15H,2-6,8-10H2,1H3. The summed E-state index contributed by atoms with van der Waals surface area (Å²) in [4.78, 5) is 14.4. The molecule has 1 unspecified atom stereocenters. The second-order valence-corrected chi connectivity index (χ2v) is 5.60. The van der Waals surface area contributed by atoms with Gasteiger partial charge in [-0.05, 0) is 19.4 Å². The molecule has 3 heterocycles. The van der Waals surface area contributed by atoms with E-state index >= 15 is 0 Å². The van der Waals surface area contributed by atoms with Crippen LogP contribution < -0.4 is 5.32 Å². The van der Waals surface area contributed by atoms with Gasteiger partial charge < -0.3 is 15.0 Å². The van der Waals surface area contributed by atoms with Crippen LogP contribution >= 0.6 is 0 Å². The molecule has 1 atom stereocenters. The second kappa shape index (κ2) is 5.93. The van der Waals surface area contributed by atoms with E-state index in [1.165, 1.54) is 0 Å². The molecule has 0 saturated carbocycles. The summed E-state index contributed by atoms with van der Waals surface area (Å²) >= 11 is 0. The monoisotopic (exact) mass is 278 g/mol. The van der Waals surface area contributed by atoms with E-state index in [0.29, 0.717) is 19.6 Å². The molecule has 1 amide bonds. The number of nitrogens with zero attached hydrogens (tertiary/aromatic N) is 3. The first-order valence-corrected chi connectivity index (χ1v) is 7.34. The Bertz CT molecular complexity index is 480. The summed E-state index contributed by atoms with van der Waals surface area (Å²) in [7, 11) is 0. The molecule has 2 aliphatic heterocycles. The Hall–Kier alpha value is -1.40. The molecule has 0 spiro atoms. The van der Waals surface area contributed by atoms with Gasteiger partial charge in [-0.1, -0.05) is 0 Å². The summed E-state index contributed by atoms with van der Waals surface area (Å²) in [6.07, 6.45) is 1.49. The van der Waals surface area contributed by atoms with Gasteiger partial charge >= 0.3 is 0 Å². The molecule has 0 aromatic carbocycles. The number of hydrogen-bond acceptors (Lipinski definition) is 4. The van der Waals surface area contributed by atoms with E-state index in [2.05, 4.69) is 16.5 Å². The van der Waals surface area contributed by atoms with E-state index in [9.17, 15) is 4.79 Å². The van der Waals surface area contributed by atoms with Crippen LogP contribution in [0, 0.1) is 6.92 Å². The summed E-state index contributed by atoms with van der Waals surface area (Å²) < 4.78 is 7.44. The van der Waals surface area contributed by atoms with Gasteiger partial charge in [0, 0.05) is 32.1 Å². The first-order chi connectivity index (χ1) is 9.72. The van der Waals surface area contributed by atoms with Crippen molar-refractivity contribution in [3.63, 3.8) is 0 Å². The summed E-state index contributed by atoms with van der Waals surface area (Å²) in [5.41, 5.74) is 2.16. The molecule has 2 aliphatic rings. The van der Waals surface area contributed by atoms with Crippen molar-refractivity contribution in [1.29, 1.82) is 0 Å². The lowest BCUT2D eigenvalue weighted by Gasteiger charge is -2.26. The minimum absolute atomic E-state index is 0.158. The molecule has 1 aromatic heterocycles. The molecule has 0 aliphatic carbocycles. The molecular weight excluding hydrogens is 256 g/mol. The molecule has 6 heteroatoms. The Labute approximate surface area is 119 Å². The first kappa shape index (κ1) is 13.6. The van der Waals surface area contributed by atoms with Crippen molar-refractivity contribution < 1.29 is 9.53 Å². The van der Waals surface area contributed by atoms with Gasteiger partial charge in [-0.15, -0.1) is 0 Å². The lowest BCUT2D eigenvalue weighted by Crippen LogP contribution is -2.45. The molecule has 6 nitrogen and oxygen atoms in total. The van der Waals surface area contributed by atoms with E-state index in [1.807, 2.05) is 16.5 Å². The lowest BCUT2D eigenvalue weighted by atomic mass is 10.1. The van der Waals surface area contributed by atoms with Crippen molar-refractivity contribution >= 4 is 5.91 Å². The fraction of sp³-hybridized carbons (Fsp3) is 0.714. The fourth-order valence-corrected chi connectivity index (χ4v) is 2.91. The number of aromatic nitrogens is 2. The van der Waals surface area contributed by atoms with Crippen molar-refractivity contribution in [2.24, 2.45) is 0 Å². The number of carbonyl (C=O) groups excluding carboxylic acids is 1. The molecule has 3 rings (SSSR count). The van der Waals surface area contributed by atoms with Crippen molar-refractivity contribution in [2.75, 3.05) is 26.3 Å². The molecule has 0 bridgehead atoms. The average molecular weight is 278 g/mol. The fourth-order valence-electron chi connectivity index (χ4n) is 2.91. The molecule has 110 valence electrons. The van der Waals surface area contributed by atoms with Gasteiger partial charge in [0.05, 0.1) is 31.1 Å². The van der Waals surface area contributed by atoms with Gasteiger partial charge in [0.15, 0.2) is 0 Å². The van der Waals surface area contributed by atoms with Gasteiger partial charge in [0.1, 0.15) is 0 Å². The van der Waals surface area contributed by atoms with Crippen LogP contribution in [-0.2, 0) is 22.6 Å². The maximum Gasteiger partial charge on any atom is 0.224 e. The number of hydrogen-bond donors (Lipinski definition) is 1. The van der Waals surface area contributed by atoms with Crippen LogP contribution in [0.25, 0.3) is 0 Å². The average Bonchev–Trinajstić information content (AvgIpc) is 2.67. The van der Waals surface area contributed by atoms with Gasteiger partial charge in [-0.2, -0.15) is 5.10 Å². The molecule has 1 saturated heterocycles. The summed E-state index contributed by atoms with van der Waals surface area (Å²) in [5.74, 6) is 0.209. The predicted molar refractivity (Wildman–Crippen MR) is 74.2 cm³/mol. The lowest BCUT2D eigenvalue weighted by molar-refractivity contribution is -0.133. The Balaban J connectivity index is 1.62. The molecule has 1 aromatic rings. The van der Waals surface area contributed by atoms with Crippen molar-refractivity contribution in [2.45, 2.75) is 38.9 Å². The smallest absolute Gasteiger partial charge is 0.224 e. The molecule has 1 fully saturated rings. The number of rotatable bonds is 2. The highest BCUT2D eigenvalue weighted by Crippen LogP contribution is 2.15. The third kappa shape index (κ3) is 3.02. The van der Waals surface area contributed by atoms with Crippen molar-refractivity contribution in [1.82, 2.24) is 20.0 Å². The highest BCUT2D eigenvalue weighted by Gasteiger charge is 2.23. The summed E-state index contributed by atoms with van der Waals surface area (Å²) in [5, 5.41) is 7.80. The van der Waals surface area contributed by atoms with Gasteiger partial charge in [0.2, 0.25) is 5.91 Å². The van der Waals surface area contributed by atoms with Gasteiger partial charge in [-0.25, -0.2) is 0 Å². The highest BCUT2D eigenvalue weighted by molar-refractivity contribution is 5.76. The van der Waals surface area contributed by atoms with Gasteiger partial charge in [0.25, 0.3) is 0 Å². The quantitative estimate of drug-likeness (QED) is 0.845. The zero-order valence-electron chi connectivity index (χ0n) is 12.0. The number of fused-ring (bicyclic) bond motifs is 1. The molecule has 0 radical (unpaired) electrons. The van der Waals surface area contributed by atoms with E-state index in [-0.39, 0.29) is 11.9 Å². The Kier molecular flexibility index (Phi) is 4.03. The SMILES string of the molecule is Cc1cc2n(n1)CCCN(C(=O)CC1COCCN1)C2. The number of nitrogens with one attached hydrogen (secondary N) is 1. The number of aryl methyl sites for hydroxylation is 2. The minimum Gasteiger partial charge on any atom is -0.378 e. The van der Waals surface area contributed by atoms with Crippen LogP contribution in [0.15, 0.2) is 6.07 Å². The minimum atomic E-state index is 0.158. The summed E-state index contributed by atoms with van der Waals surface area (Å²) in [6.45, 7) is 6.60. The number of carbonyl (C=O) groups is 1. The molecule has 20 heavy (non-hydrogen) atoms. The maximum absolute atomic E-state index is 12.4. The third-order valence-electron chi connectivity index (χ3n) is 3.91. The topological polar surface area (TPSA) is 59.4 Å². The molecule has 1 N–H and O–H groups in total. The van der Waals surface area contributed by atoms with Crippen LogP contribution in [0.5, 0.6) is 0 Å². The zero-order chi connectivity index (χ0) is 13.9. The predicted octanol–water partition coefficient (Wildman–Crippen LogP) is 0.302. The molecular formula is C14H22N4O2. The van der Waals surface area contributed by atoms with E-state index in [1.54, 1.807) is 0 Å². The van der Waals surface area contributed by atoms with Crippen molar-refractivity contribution in [3.05, 3.63) is 17.5 Å². The van der Waals surface area contributed by atoms with Crippen LogP contribution in [0.4, 0.5) is 0 Å². The second-order valence-electron chi connectivity index (χ2n) is 5.60. The third-order valence-corrected chi connectivity index (χ3v) is 3.91. The van der Waals surface area contributed by atoms with Crippen LogP contribution in [-0.4, -0.2) is 52.9 Å². The Morgan fingerprint density at radius 2 is 2.45 bits per heavy atom. The normalized spacial score (nSPS) is 23.2. The Morgan fingerprint density at radius 1 is 1.55 bits per heavy atom. The zero-order valence-corrected chi connectivity index (χ0v) is 12.0. The largest absolute Gasteiger partial charge is 0.378 e. The van der Waals surface area contributed by atoms with Crippen LogP contribution in [0.1, 0.15) is 24.2 Å². The first-order valence-electron chi connectivity index (χ1n) is 7.34. The maximum atomic E-state index is 12.4. The van der Waals surface area contributed by atoms with Crippen molar-refractivity contribution in [3.8, 4) is 0 Å². The van der Waals surface area contributed by atoms with Crippen LogP contribution in [0.2, 0.25) is 0 Å². The Morgan fingerprint density at radius 3 is 3.25 bits per heavy atom. The number of morpholine rings is 1. The van der Waals surface area contributed by atoms with Gasteiger partial charge in [-0.3, -0.25) is 9.48 Å². The van der Waals surface area contributed by atoms with E-state index in [4.69, 9.17) is 4.74 Å². The number of ether oxygens (including phenoxy) is 1. The summed E-state index contributed by atoms with van der Waals surface area (Å²) in [6, 6.07) is 2.24. The number of amides is 1. The van der Waals surface area contributed by atoms with E-state index < -0.39 is 0 Å².